The molecule has 2 N–H and O–H groups in total. The molecule has 2 aliphatic heterocycles. The van der Waals surface area contributed by atoms with Crippen LogP contribution in [-0.4, -0.2) is 22.6 Å². The molecule has 0 saturated heterocycles. The highest BCUT2D eigenvalue weighted by molar-refractivity contribution is 5.78. The fourth-order valence-electron chi connectivity index (χ4n) is 3.82. The van der Waals surface area contributed by atoms with Gasteiger partial charge in [0.25, 0.3) is 6.02 Å². The van der Waals surface area contributed by atoms with Gasteiger partial charge in [0.2, 0.25) is 0 Å². The third kappa shape index (κ3) is 3.38. The molecule has 154 valence electrons. The Hall–Kier alpha value is -3.85. The van der Waals surface area contributed by atoms with Crippen molar-refractivity contribution < 1.29 is 9.47 Å². The number of amidine groups is 1. The molecule has 5 rings (SSSR count). The van der Waals surface area contributed by atoms with Crippen LogP contribution in [0.15, 0.2) is 60.1 Å². The van der Waals surface area contributed by atoms with E-state index in [0.717, 1.165) is 39.3 Å². The second-order valence-electron chi connectivity index (χ2n) is 8.75. The van der Waals surface area contributed by atoms with Crippen LogP contribution in [0.3, 0.4) is 0 Å². The van der Waals surface area contributed by atoms with Crippen LogP contribution in [0.1, 0.15) is 37.5 Å². The second kappa shape index (κ2) is 6.85. The summed E-state index contributed by atoms with van der Waals surface area (Å²) >= 11 is 0. The van der Waals surface area contributed by atoms with Crippen molar-refractivity contribution in [2.75, 3.05) is 6.61 Å². The van der Waals surface area contributed by atoms with Gasteiger partial charge in [-0.15, -0.1) is 0 Å². The maximum atomic E-state index is 6.25. The van der Waals surface area contributed by atoms with Crippen molar-refractivity contribution in [2.45, 2.75) is 26.3 Å². The standard InChI is InChI=1S/C25H22N4O2/c1-24(2,3)9-8-16-4-6-21-19(10-16)25(14-30-23(26)29-25)20-11-17(5-7-22(20)31-21)18-12-27-15-28-13-18/h4-7,10-13,15H,14H2,1-3H3,(H2,26,29). The van der Waals surface area contributed by atoms with Crippen LogP contribution in [0.4, 0.5) is 0 Å². The number of rotatable bonds is 1. The summed E-state index contributed by atoms with van der Waals surface area (Å²) in [6.45, 7) is 6.56. The number of benzene rings is 2. The lowest BCUT2D eigenvalue weighted by molar-refractivity contribution is 0.264. The number of ether oxygens (including phenoxy) is 2. The van der Waals surface area contributed by atoms with Gasteiger partial charge in [0, 0.05) is 40.1 Å². The van der Waals surface area contributed by atoms with E-state index in [1.807, 2.05) is 30.3 Å². The van der Waals surface area contributed by atoms with Crippen molar-refractivity contribution in [3.05, 3.63) is 71.8 Å². The fraction of sp³-hybridized carbons (Fsp3) is 0.240. The van der Waals surface area contributed by atoms with E-state index in [-0.39, 0.29) is 11.4 Å². The third-order valence-electron chi connectivity index (χ3n) is 5.28. The molecule has 3 aromatic rings. The largest absolute Gasteiger partial charge is 0.462 e. The van der Waals surface area contributed by atoms with Crippen LogP contribution in [0, 0.1) is 17.3 Å². The number of aliphatic imine (C=N–C) groups is 1. The van der Waals surface area contributed by atoms with Crippen LogP contribution in [0.5, 0.6) is 11.5 Å². The van der Waals surface area contributed by atoms with Gasteiger partial charge in [-0.1, -0.05) is 17.9 Å². The highest BCUT2D eigenvalue weighted by Gasteiger charge is 2.47. The average molecular weight is 410 g/mol. The summed E-state index contributed by atoms with van der Waals surface area (Å²) in [5.74, 6) is 8.01. The second-order valence-corrected chi connectivity index (χ2v) is 8.75. The topological polar surface area (TPSA) is 82.6 Å². The van der Waals surface area contributed by atoms with E-state index in [1.165, 1.54) is 6.33 Å². The van der Waals surface area contributed by atoms with Crippen molar-refractivity contribution in [1.29, 1.82) is 0 Å². The van der Waals surface area contributed by atoms with E-state index < -0.39 is 5.54 Å². The number of fused-ring (bicyclic) bond motifs is 4. The Balaban J connectivity index is 1.69. The molecule has 1 spiro atoms. The van der Waals surface area contributed by atoms with E-state index in [1.54, 1.807) is 12.4 Å². The van der Waals surface area contributed by atoms with E-state index in [2.05, 4.69) is 48.6 Å². The first-order valence-corrected chi connectivity index (χ1v) is 10.1. The molecule has 0 saturated carbocycles. The Morgan fingerprint density at radius 3 is 2.35 bits per heavy atom. The molecular weight excluding hydrogens is 388 g/mol. The van der Waals surface area contributed by atoms with Gasteiger partial charge in [0.15, 0.2) is 5.54 Å². The van der Waals surface area contributed by atoms with E-state index in [0.29, 0.717) is 6.61 Å². The number of aromatic nitrogens is 2. The van der Waals surface area contributed by atoms with Crippen LogP contribution >= 0.6 is 0 Å². The molecule has 1 unspecified atom stereocenters. The highest BCUT2D eigenvalue weighted by atomic mass is 16.5. The van der Waals surface area contributed by atoms with Crippen molar-refractivity contribution in [2.24, 2.45) is 16.1 Å². The van der Waals surface area contributed by atoms with Gasteiger partial charge < -0.3 is 15.2 Å². The Kier molecular flexibility index (Phi) is 4.23. The first-order valence-electron chi connectivity index (χ1n) is 10.1. The fourth-order valence-corrected chi connectivity index (χ4v) is 3.82. The first-order chi connectivity index (χ1) is 14.8. The average Bonchev–Trinajstić information content (AvgIpc) is 3.15. The summed E-state index contributed by atoms with van der Waals surface area (Å²) in [7, 11) is 0. The van der Waals surface area contributed by atoms with Crippen molar-refractivity contribution in [3.63, 3.8) is 0 Å². The monoisotopic (exact) mass is 410 g/mol. The molecule has 0 amide bonds. The number of nitrogens with zero attached hydrogens (tertiary/aromatic N) is 3. The molecule has 0 aliphatic carbocycles. The molecule has 0 fully saturated rings. The lowest BCUT2D eigenvalue weighted by atomic mass is 9.80. The molecule has 1 atom stereocenters. The molecular formula is C25H22N4O2. The normalized spacial score (nSPS) is 18.7. The van der Waals surface area contributed by atoms with Gasteiger partial charge in [-0.2, -0.15) is 0 Å². The SMILES string of the molecule is CC(C)(C)C#Cc1ccc2c(c1)C1(COC(N)=N1)c1cc(-c3cncnc3)ccc1O2. The van der Waals surface area contributed by atoms with Gasteiger partial charge in [0.05, 0.1) is 0 Å². The minimum absolute atomic E-state index is 0.0948. The molecule has 0 bridgehead atoms. The van der Waals surface area contributed by atoms with Crippen molar-refractivity contribution in [1.82, 2.24) is 9.97 Å². The van der Waals surface area contributed by atoms with Gasteiger partial charge in [-0.05, 0) is 56.7 Å². The van der Waals surface area contributed by atoms with Crippen LogP contribution < -0.4 is 10.5 Å². The smallest absolute Gasteiger partial charge is 0.283 e. The Morgan fingerprint density at radius 1 is 0.968 bits per heavy atom. The zero-order chi connectivity index (χ0) is 21.6. The van der Waals surface area contributed by atoms with Crippen LogP contribution in [0.2, 0.25) is 0 Å². The molecule has 1 aromatic heterocycles. The van der Waals surface area contributed by atoms with E-state index in [9.17, 15) is 0 Å². The summed E-state index contributed by atoms with van der Waals surface area (Å²) in [5, 5.41) is 0. The predicted octanol–water partition coefficient (Wildman–Crippen LogP) is 4.24. The Bertz CT molecular complexity index is 1270. The third-order valence-corrected chi connectivity index (χ3v) is 5.28. The summed E-state index contributed by atoms with van der Waals surface area (Å²) in [6.07, 6.45) is 5.07. The van der Waals surface area contributed by atoms with Gasteiger partial charge in [-0.3, -0.25) is 0 Å². The van der Waals surface area contributed by atoms with Crippen LogP contribution in [0.25, 0.3) is 11.1 Å². The minimum atomic E-state index is -0.794. The first kappa shape index (κ1) is 19.1. The quantitative estimate of drug-likeness (QED) is 0.607. The lowest BCUT2D eigenvalue weighted by Gasteiger charge is -2.33. The molecule has 2 aliphatic rings. The number of hydrogen-bond donors (Lipinski definition) is 1. The van der Waals surface area contributed by atoms with Gasteiger partial charge in [-0.25, -0.2) is 15.0 Å². The Morgan fingerprint density at radius 2 is 1.68 bits per heavy atom. The molecule has 0 radical (unpaired) electrons. The van der Waals surface area contributed by atoms with Gasteiger partial charge in [0.1, 0.15) is 24.4 Å². The summed E-state index contributed by atoms with van der Waals surface area (Å²) in [6, 6.07) is 12.1. The molecule has 3 heterocycles. The summed E-state index contributed by atoms with van der Waals surface area (Å²) in [4.78, 5) is 13.0. The minimum Gasteiger partial charge on any atom is -0.462 e. The van der Waals surface area contributed by atoms with E-state index >= 15 is 0 Å². The number of nitrogens with two attached hydrogens (primary N) is 1. The van der Waals surface area contributed by atoms with Crippen molar-refractivity contribution >= 4 is 6.02 Å². The molecule has 2 aromatic carbocycles. The van der Waals surface area contributed by atoms with E-state index in [4.69, 9.17) is 20.2 Å². The van der Waals surface area contributed by atoms with Crippen molar-refractivity contribution in [3.8, 4) is 34.5 Å². The zero-order valence-corrected chi connectivity index (χ0v) is 17.6. The zero-order valence-electron chi connectivity index (χ0n) is 17.6. The molecule has 31 heavy (non-hydrogen) atoms. The lowest BCUT2D eigenvalue weighted by Crippen LogP contribution is -2.31. The van der Waals surface area contributed by atoms with Crippen LogP contribution in [-0.2, 0) is 10.3 Å². The number of hydrogen-bond acceptors (Lipinski definition) is 6. The Labute approximate surface area is 181 Å². The molecule has 6 nitrogen and oxygen atoms in total. The maximum Gasteiger partial charge on any atom is 0.283 e. The maximum absolute atomic E-state index is 6.25. The predicted molar refractivity (Wildman–Crippen MR) is 119 cm³/mol. The van der Waals surface area contributed by atoms with Gasteiger partial charge >= 0.3 is 0 Å². The molecule has 6 heteroatoms. The summed E-state index contributed by atoms with van der Waals surface area (Å²) in [5.41, 5.74) is 9.66. The highest BCUT2D eigenvalue weighted by Crippen LogP contribution is 2.51. The summed E-state index contributed by atoms with van der Waals surface area (Å²) < 4.78 is 11.9.